The van der Waals surface area contributed by atoms with E-state index >= 15 is 0 Å². The molecule has 0 radical (unpaired) electrons. The number of ketones is 1. The van der Waals surface area contributed by atoms with Crippen LogP contribution in [0.2, 0.25) is 5.02 Å². The fourth-order valence-corrected chi connectivity index (χ4v) is 4.34. The van der Waals surface area contributed by atoms with Crippen LogP contribution in [0.1, 0.15) is 102 Å². The Hall–Kier alpha value is -2.94. The van der Waals surface area contributed by atoms with E-state index in [0.717, 1.165) is 26.2 Å². The molecule has 210 valence electrons. The molecule has 1 heterocycles. The number of rotatable bonds is 16. The van der Waals surface area contributed by atoms with Crippen molar-refractivity contribution in [3.8, 4) is 0 Å². The lowest BCUT2D eigenvalue weighted by atomic mass is 10.1. The first-order valence-corrected chi connectivity index (χ1v) is 13.7. The number of hydrogen-bond acceptors (Lipinski definition) is 7. The minimum Gasteiger partial charge on any atom is -0.462 e. The molecule has 9 nitrogen and oxygen atoms in total. The molecule has 1 unspecified atom stereocenters. The van der Waals surface area contributed by atoms with Gasteiger partial charge in [-0.1, -0.05) is 76.3 Å². The highest BCUT2D eigenvalue weighted by atomic mass is 35.5. The van der Waals surface area contributed by atoms with Crippen LogP contribution in [0.5, 0.6) is 0 Å². The Labute approximate surface area is 229 Å². The Bertz CT molecular complexity index is 1020. The summed E-state index contributed by atoms with van der Waals surface area (Å²) in [6.45, 7) is 6.30. The summed E-state index contributed by atoms with van der Waals surface area (Å²) in [6, 6.07) is 2.45. The predicted molar refractivity (Wildman–Crippen MR) is 144 cm³/mol. The van der Waals surface area contributed by atoms with E-state index in [4.69, 9.17) is 21.1 Å². The summed E-state index contributed by atoms with van der Waals surface area (Å²) >= 11 is 6.19. The summed E-state index contributed by atoms with van der Waals surface area (Å²) in [6.07, 6.45) is 10.6. The fourth-order valence-electron chi connectivity index (χ4n) is 4.18. The zero-order chi connectivity index (χ0) is 28.3. The number of cyclic esters (lactones) is 1. The Morgan fingerprint density at radius 1 is 1.00 bits per heavy atom. The van der Waals surface area contributed by atoms with Gasteiger partial charge in [0.05, 0.1) is 22.9 Å². The first kappa shape index (κ1) is 31.3. The number of imide groups is 1. The smallest absolute Gasteiger partial charge is 0.418 e. The molecule has 3 amide bonds. The number of carbonyl (C=O) groups excluding carboxylic acids is 5. The Morgan fingerprint density at radius 3 is 2.11 bits per heavy atom. The summed E-state index contributed by atoms with van der Waals surface area (Å²) in [5.74, 6) is -3.09. The van der Waals surface area contributed by atoms with Gasteiger partial charge >= 0.3 is 12.1 Å². The second-order valence-corrected chi connectivity index (χ2v) is 10.5. The highest BCUT2D eigenvalue weighted by Crippen LogP contribution is 2.28. The highest BCUT2D eigenvalue weighted by molar-refractivity contribution is 6.34. The lowest BCUT2D eigenvalue weighted by Crippen LogP contribution is -2.52. The molecule has 1 saturated heterocycles. The van der Waals surface area contributed by atoms with Gasteiger partial charge in [-0.25, -0.2) is 14.5 Å². The summed E-state index contributed by atoms with van der Waals surface area (Å²) in [5, 5.41) is 2.54. The minimum atomic E-state index is -1.75. The lowest BCUT2D eigenvalue weighted by Gasteiger charge is -2.22. The third-order valence-electron chi connectivity index (χ3n) is 6.36. The zero-order valence-electron chi connectivity index (χ0n) is 22.8. The molecule has 38 heavy (non-hydrogen) atoms. The predicted octanol–water partition coefficient (Wildman–Crippen LogP) is 6.07. The molecule has 1 aromatic rings. The van der Waals surface area contributed by atoms with Gasteiger partial charge in [-0.05, 0) is 45.4 Å². The molecule has 0 spiro atoms. The zero-order valence-corrected chi connectivity index (χ0v) is 23.5. The maximum atomic E-state index is 13.0. The average Bonchev–Trinajstić information content (AvgIpc) is 3.05. The van der Waals surface area contributed by atoms with Crippen molar-refractivity contribution in [1.29, 1.82) is 0 Å². The number of hydrogen-bond donors (Lipinski definition) is 1. The number of amides is 3. The number of nitrogens with zero attached hydrogens (tertiary/aromatic N) is 1. The van der Waals surface area contributed by atoms with Crippen LogP contribution in [0.15, 0.2) is 18.2 Å². The van der Waals surface area contributed by atoms with E-state index in [1.165, 1.54) is 77.0 Å². The van der Waals surface area contributed by atoms with Crippen molar-refractivity contribution in [2.24, 2.45) is 0 Å². The molecule has 0 saturated carbocycles. The number of Topliss-reactive ketones (excluding diaryl/α,β-unsaturated/α-hetero) is 1. The van der Waals surface area contributed by atoms with E-state index in [-0.39, 0.29) is 22.9 Å². The van der Waals surface area contributed by atoms with Gasteiger partial charge in [0.15, 0.2) is 17.4 Å². The van der Waals surface area contributed by atoms with Crippen molar-refractivity contribution in [2.75, 3.05) is 11.9 Å². The van der Waals surface area contributed by atoms with Crippen LogP contribution >= 0.6 is 11.6 Å². The highest BCUT2D eigenvalue weighted by Gasteiger charge is 2.53. The molecular formula is C28H39ClN2O7. The van der Waals surface area contributed by atoms with Crippen LogP contribution in [-0.4, -0.2) is 52.8 Å². The number of unbranched alkanes of at least 4 members (excludes halogenated alkanes) is 9. The van der Waals surface area contributed by atoms with Crippen molar-refractivity contribution < 1.29 is 33.4 Å². The number of esters is 1. The number of ether oxygens (including phenoxy) is 2. The van der Waals surface area contributed by atoms with E-state index in [0.29, 0.717) is 4.90 Å². The maximum absolute atomic E-state index is 13.0. The van der Waals surface area contributed by atoms with Gasteiger partial charge in [-0.3, -0.25) is 14.4 Å². The first-order valence-electron chi connectivity index (χ1n) is 13.3. The molecular weight excluding hydrogens is 512 g/mol. The van der Waals surface area contributed by atoms with Crippen LogP contribution in [0.25, 0.3) is 0 Å². The number of halogens is 1. The van der Waals surface area contributed by atoms with Crippen LogP contribution < -0.4 is 5.32 Å². The molecule has 0 aliphatic carbocycles. The van der Waals surface area contributed by atoms with E-state index in [2.05, 4.69) is 12.2 Å². The van der Waals surface area contributed by atoms with E-state index in [1.54, 1.807) is 0 Å². The second-order valence-electron chi connectivity index (χ2n) is 10.1. The van der Waals surface area contributed by atoms with E-state index in [1.807, 2.05) is 0 Å². The molecule has 0 aromatic heterocycles. The van der Waals surface area contributed by atoms with Crippen molar-refractivity contribution >= 4 is 46.9 Å². The van der Waals surface area contributed by atoms with Gasteiger partial charge in [0, 0.05) is 0 Å². The van der Waals surface area contributed by atoms with Gasteiger partial charge in [0.2, 0.25) is 0 Å². The van der Waals surface area contributed by atoms with Crippen LogP contribution in [0.3, 0.4) is 0 Å². The van der Waals surface area contributed by atoms with Crippen molar-refractivity contribution in [3.05, 3.63) is 28.8 Å². The fraction of sp³-hybridized carbons (Fsp3) is 0.607. The Kier molecular flexibility index (Phi) is 12.2. The van der Waals surface area contributed by atoms with Crippen LogP contribution in [-0.2, 0) is 23.9 Å². The normalized spacial score (nSPS) is 15.2. The molecule has 1 aliphatic rings. The molecule has 1 atom stereocenters. The molecule has 10 heteroatoms. The maximum Gasteiger partial charge on any atom is 0.418 e. The molecule has 1 N–H and O–H groups in total. The Morgan fingerprint density at radius 2 is 1.58 bits per heavy atom. The van der Waals surface area contributed by atoms with Gasteiger partial charge in [0.1, 0.15) is 0 Å². The topological polar surface area (TPSA) is 119 Å². The summed E-state index contributed by atoms with van der Waals surface area (Å²) < 4.78 is 10.3. The third-order valence-corrected chi connectivity index (χ3v) is 6.69. The number of carbonyl (C=O) groups is 5. The van der Waals surface area contributed by atoms with Crippen molar-refractivity contribution in [1.82, 2.24) is 4.90 Å². The summed E-state index contributed by atoms with van der Waals surface area (Å²) in [5.41, 5.74) is -1.30. The Balaban J connectivity index is 1.88. The van der Waals surface area contributed by atoms with Gasteiger partial charge in [-0.2, -0.15) is 0 Å². The third kappa shape index (κ3) is 8.82. The second kappa shape index (κ2) is 14.9. The minimum absolute atomic E-state index is 0.0376. The molecule has 2 rings (SSSR count). The van der Waals surface area contributed by atoms with Crippen molar-refractivity contribution in [3.63, 3.8) is 0 Å². The summed E-state index contributed by atoms with van der Waals surface area (Å²) in [4.78, 5) is 63.0. The molecule has 1 aromatic carbocycles. The molecule has 0 bridgehead atoms. The quantitative estimate of drug-likeness (QED) is 0.151. The van der Waals surface area contributed by atoms with E-state index < -0.39 is 41.3 Å². The van der Waals surface area contributed by atoms with Crippen LogP contribution in [0.4, 0.5) is 10.5 Å². The van der Waals surface area contributed by atoms with Gasteiger partial charge in [0.25, 0.3) is 11.8 Å². The molecule has 1 fully saturated rings. The molecule has 1 aliphatic heterocycles. The standard InChI is InChI=1S/C28H39ClN2O7/c1-5-6-7-8-9-10-11-12-13-14-17-37-25(34)20-15-16-21(29)22(18-20)30-24(33)23(19(2)32)31-26(35)28(3,4)38-27(31)36/h15-16,18,23H,5-14,17H2,1-4H3,(H,30,33). The van der Waals surface area contributed by atoms with Crippen molar-refractivity contribution in [2.45, 2.75) is 104 Å². The number of nitrogens with one attached hydrogen (secondary N) is 1. The van der Waals surface area contributed by atoms with Gasteiger partial charge in [-0.15, -0.1) is 0 Å². The number of benzene rings is 1. The number of anilines is 1. The average molecular weight is 551 g/mol. The first-order chi connectivity index (χ1) is 18.0. The lowest BCUT2D eigenvalue weighted by molar-refractivity contribution is -0.142. The SMILES string of the molecule is CCCCCCCCCCCCOC(=O)c1ccc(Cl)c(NC(=O)C(C(C)=O)N2C(=O)OC(C)(C)C2=O)c1. The van der Waals surface area contributed by atoms with Crippen LogP contribution in [0, 0.1) is 0 Å². The van der Waals surface area contributed by atoms with Gasteiger partial charge < -0.3 is 14.8 Å². The largest absolute Gasteiger partial charge is 0.462 e. The summed E-state index contributed by atoms with van der Waals surface area (Å²) in [7, 11) is 0. The monoisotopic (exact) mass is 550 g/mol. The van der Waals surface area contributed by atoms with E-state index in [9.17, 15) is 24.0 Å².